The van der Waals surface area contributed by atoms with Gasteiger partial charge in [-0.15, -0.1) is 0 Å². The van der Waals surface area contributed by atoms with Crippen LogP contribution < -0.4 is 20.7 Å². The summed E-state index contributed by atoms with van der Waals surface area (Å²) in [5.74, 6) is -1.62. The molecule has 2 aromatic rings. The minimum absolute atomic E-state index is 0.0657. The number of hydrogen-bond donors (Lipinski definition) is 5. The molecule has 4 atom stereocenters. The van der Waals surface area contributed by atoms with Crippen molar-refractivity contribution in [1.82, 2.24) is 16.0 Å². The standard InChI is InChI=1S/C33H47N3O9/c1-20(2)17-25(35-31(41)43-19-22-11-9-8-10-12-22)29(38)34-18-26(37)23-13-15-24(16-14-23)44-28(21(3)4)27(30(39)40)36-32(42)45-33(5,6)7/h8-16,20-21,25-28,37H,17-19H2,1-7H3,(H,34,38)(H,35,41)(H,36,42)(H,39,40)/t25-,26?,27-,28-/m0/s1. The number of aliphatic hydroxyl groups excluding tert-OH is 1. The molecule has 0 fully saturated rings. The van der Waals surface area contributed by atoms with E-state index in [1.807, 2.05) is 44.2 Å². The predicted molar refractivity (Wildman–Crippen MR) is 167 cm³/mol. The van der Waals surface area contributed by atoms with Crippen molar-refractivity contribution in [3.63, 3.8) is 0 Å². The predicted octanol–water partition coefficient (Wildman–Crippen LogP) is 4.56. The molecule has 0 bridgehead atoms. The summed E-state index contributed by atoms with van der Waals surface area (Å²) in [5, 5.41) is 28.2. The zero-order valence-corrected chi connectivity index (χ0v) is 27.0. The fourth-order valence-corrected chi connectivity index (χ4v) is 4.28. The van der Waals surface area contributed by atoms with Crippen LogP contribution in [-0.2, 0) is 25.7 Å². The number of aliphatic hydroxyl groups is 1. The highest BCUT2D eigenvalue weighted by atomic mass is 16.6. The van der Waals surface area contributed by atoms with E-state index in [2.05, 4.69) is 16.0 Å². The first-order chi connectivity index (χ1) is 21.1. The maximum atomic E-state index is 12.9. The van der Waals surface area contributed by atoms with Gasteiger partial charge in [0.1, 0.15) is 30.1 Å². The molecule has 12 nitrogen and oxygen atoms in total. The average Bonchev–Trinajstić information content (AvgIpc) is 2.95. The van der Waals surface area contributed by atoms with Crippen LogP contribution in [0.4, 0.5) is 9.59 Å². The van der Waals surface area contributed by atoms with Crippen LogP contribution in [0, 0.1) is 11.8 Å². The Balaban J connectivity index is 1.99. The summed E-state index contributed by atoms with van der Waals surface area (Å²) in [5.41, 5.74) is 0.481. The highest BCUT2D eigenvalue weighted by molar-refractivity contribution is 5.85. The molecule has 0 aliphatic heterocycles. The molecule has 1 unspecified atom stereocenters. The summed E-state index contributed by atoms with van der Waals surface area (Å²) in [6.07, 6.45) is -3.24. The molecule has 0 aliphatic rings. The second-order valence-electron chi connectivity index (χ2n) is 12.5. The van der Waals surface area contributed by atoms with E-state index in [0.29, 0.717) is 17.7 Å². The number of carboxylic acids is 1. The Labute approximate surface area is 264 Å². The molecule has 0 saturated carbocycles. The largest absolute Gasteiger partial charge is 0.487 e. The minimum atomic E-state index is -1.39. The molecule has 0 spiro atoms. The van der Waals surface area contributed by atoms with Gasteiger partial charge >= 0.3 is 18.2 Å². The first kappa shape index (κ1) is 36.9. The summed E-state index contributed by atoms with van der Waals surface area (Å²) in [4.78, 5) is 49.6. The van der Waals surface area contributed by atoms with Gasteiger partial charge in [-0.2, -0.15) is 0 Å². The number of alkyl carbamates (subject to hydrolysis) is 2. The molecule has 0 heterocycles. The molecule has 0 saturated heterocycles. The second kappa shape index (κ2) is 17.2. The summed E-state index contributed by atoms with van der Waals surface area (Å²) in [6.45, 7) is 12.3. The summed E-state index contributed by atoms with van der Waals surface area (Å²) in [7, 11) is 0. The van der Waals surface area contributed by atoms with E-state index in [4.69, 9.17) is 14.2 Å². The SMILES string of the molecule is CC(C)C[C@H](NC(=O)OCc1ccccc1)C(=O)NCC(O)c1ccc(O[C@@H](C(C)C)[C@H](NC(=O)OC(C)(C)C)C(=O)O)cc1. The monoisotopic (exact) mass is 629 g/mol. The quantitative estimate of drug-likeness (QED) is 0.189. The maximum Gasteiger partial charge on any atom is 0.408 e. The van der Waals surface area contributed by atoms with Gasteiger partial charge in [0.2, 0.25) is 5.91 Å². The third-order valence-corrected chi connectivity index (χ3v) is 6.46. The first-order valence-electron chi connectivity index (χ1n) is 15.0. The van der Waals surface area contributed by atoms with E-state index in [1.165, 1.54) is 0 Å². The molecule has 248 valence electrons. The van der Waals surface area contributed by atoms with E-state index in [0.717, 1.165) is 5.56 Å². The summed E-state index contributed by atoms with van der Waals surface area (Å²) in [6, 6.07) is 13.2. The smallest absolute Gasteiger partial charge is 0.408 e. The molecule has 2 rings (SSSR count). The van der Waals surface area contributed by atoms with Gasteiger partial charge < -0.3 is 40.4 Å². The maximum absolute atomic E-state index is 12.9. The Morgan fingerprint density at radius 1 is 0.867 bits per heavy atom. The van der Waals surface area contributed by atoms with E-state index in [9.17, 15) is 29.4 Å². The number of carbonyl (C=O) groups is 4. The third kappa shape index (κ3) is 13.5. The van der Waals surface area contributed by atoms with E-state index >= 15 is 0 Å². The lowest BCUT2D eigenvalue weighted by molar-refractivity contribution is -0.142. The van der Waals surface area contributed by atoms with Crippen molar-refractivity contribution in [2.75, 3.05) is 6.54 Å². The van der Waals surface area contributed by atoms with Gasteiger partial charge in [0.25, 0.3) is 0 Å². The molecule has 0 aliphatic carbocycles. The van der Waals surface area contributed by atoms with Gasteiger partial charge in [-0.25, -0.2) is 14.4 Å². The molecule has 3 amide bonds. The number of rotatable bonds is 15. The topological polar surface area (TPSA) is 173 Å². The lowest BCUT2D eigenvalue weighted by Gasteiger charge is -2.30. The Morgan fingerprint density at radius 2 is 1.49 bits per heavy atom. The summed E-state index contributed by atoms with van der Waals surface area (Å²) < 4.78 is 16.4. The highest BCUT2D eigenvalue weighted by Gasteiger charge is 2.35. The molecule has 5 N–H and O–H groups in total. The number of carbonyl (C=O) groups excluding carboxylic acids is 3. The zero-order chi connectivity index (χ0) is 33.7. The van der Waals surface area contributed by atoms with Crippen molar-refractivity contribution >= 4 is 24.1 Å². The summed E-state index contributed by atoms with van der Waals surface area (Å²) >= 11 is 0. The Morgan fingerprint density at radius 3 is 2.02 bits per heavy atom. The van der Waals surface area contributed by atoms with E-state index in [-0.39, 0.29) is 25.0 Å². The van der Waals surface area contributed by atoms with Crippen molar-refractivity contribution in [2.24, 2.45) is 11.8 Å². The second-order valence-corrected chi connectivity index (χ2v) is 12.5. The normalized spacial score (nSPS) is 14.1. The van der Waals surface area contributed by atoms with Crippen LogP contribution in [0.3, 0.4) is 0 Å². The lowest BCUT2D eigenvalue weighted by Crippen LogP contribution is -2.53. The lowest BCUT2D eigenvalue weighted by atomic mass is 9.99. The first-order valence-corrected chi connectivity index (χ1v) is 15.0. The van der Waals surface area contributed by atoms with Crippen LogP contribution in [0.25, 0.3) is 0 Å². The number of carboxylic acid groups (broad SMARTS) is 1. The molecule has 0 aromatic heterocycles. The van der Waals surface area contributed by atoms with Crippen molar-refractivity contribution in [3.05, 3.63) is 65.7 Å². The van der Waals surface area contributed by atoms with Gasteiger partial charge in [-0.1, -0.05) is 70.2 Å². The average molecular weight is 630 g/mol. The molecular formula is C33H47N3O9. The minimum Gasteiger partial charge on any atom is -0.487 e. The number of ether oxygens (including phenoxy) is 3. The van der Waals surface area contributed by atoms with E-state index in [1.54, 1.807) is 58.9 Å². The third-order valence-electron chi connectivity index (χ3n) is 6.46. The van der Waals surface area contributed by atoms with Crippen molar-refractivity contribution in [1.29, 1.82) is 0 Å². The molecule has 2 aromatic carbocycles. The van der Waals surface area contributed by atoms with Gasteiger partial charge in [-0.05, 0) is 62.3 Å². The van der Waals surface area contributed by atoms with Crippen LogP contribution in [0.1, 0.15) is 72.1 Å². The molecule has 12 heteroatoms. The number of nitrogens with one attached hydrogen (secondary N) is 3. The Bertz CT molecular complexity index is 1240. The van der Waals surface area contributed by atoms with Crippen LogP contribution in [0.15, 0.2) is 54.6 Å². The highest BCUT2D eigenvalue weighted by Crippen LogP contribution is 2.22. The van der Waals surface area contributed by atoms with Crippen LogP contribution in [-0.4, -0.2) is 64.6 Å². The zero-order valence-electron chi connectivity index (χ0n) is 27.0. The van der Waals surface area contributed by atoms with Crippen LogP contribution >= 0.6 is 0 Å². The Kier molecular flexibility index (Phi) is 14.1. The fourth-order valence-electron chi connectivity index (χ4n) is 4.28. The van der Waals surface area contributed by atoms with Crippen molar-refractivity contribution in [2.45, 2.75) is 91.4 Å². The number of aliphatic carboxylic acids is 1. The molecular weight excluding hydrogens is 582 g/mol. The van der Waals surface area contributed by atoms with Crippen LogP contribution in [0.5, 0.6) is 5.75 Å². The molecule has 0 radical (unpaired) electrons. The van der Waals surface area contributed by atoms with Gasteiger partial charge in [0, 0.05) is 6.54 Å². The Hall–Kier alpha value is -4.32. The molecule has 45 heavy (non-hydrogen) atoms. The van der Waals surface area contributed by atoms with E-state index < -0.39 is 54.0 Å². The van der Waals surface area contributed by atoms with Gasteiger partial charge in [-0.3, -0.25) is 4.79 Å². The van der Waals surface area contributed by atoms with Gasteiger partial charge in [0.05, 0.1) is 6.10 Å². The van der Waals surface area contributed by atoms with Crippen molar-refractivity contribution < 1.29 is 43.6 Å². The van der Waals surface area contributed by atoms with Gasteiger partial charge in [0.15, 0.2) is 6.04 Å². The fraction of sp³-hybridized carbons (Fsp3) is 0.515. The number of benzene rings is 2. The van der Waals surface area contributed by atoms with Crippen molar-refractivity contribution in [3.8, 4) is 5.75 Å². The number of hydrogen-bond acceptors (Lipinski definition) is 8. The van der Waals surface area contributed by atoms with Crippen LogP contribution in [0.2, 0.25) is 0 Å². The number of amides is 3.